The fourth-order valence-electron chi connectivity index (χ4n) is 3.24. The van der Waals surface area contributed by atoms with Gasteiger partial charge in [0.15, 0.2) is 0 Å². The third-order valence-corrected chi connectivity index (χ3v) is 4.64. The Morgan fingerprint density at radius 3 is 2.00 bits per heavy atom. The fourth-order valence-corrected chi connectivity index (χ4v) is 3.24. The second-order valence-electron chi connectivity index (χ2n) is 6.20. The molecule has 2 aromatic carbocycles. The molecule has 0 unspecified atom stereocenters. The van der Waals surface area contributed by atoms with Gasteiger partial charge in [0.2, 0.25) is 0 Å². The summed E-state index contributed by atoms with van der Waals surface area (Å²) in [4.78, 5) is 0. The normalized spacial score (nSPS) is 20.6. The first kappa shape index (κ1) is 17.7. The summed E-state index contributed by atoms with van der Waals surface area (Å²) >= 11 is 0. The molecule has 0 N–H and O–H groups in total. The summed E-state index contributed by atoms with van der Waals surface area (Å²) in [5, 5.41) is 0. The first-order valence-electron chi connectivity index (χ1n) is 8.69. The lowest BCUT2D eigenvalue weighted by molar-refractivity contribution is 0.347. The summed E-state index contributed by atoms with van der Waals surface area (Å²) in [5.74, 6) is 0.771. The monoisotopic (exact) mass is 316 g/mol. The predicted octanol–water partition coefficient (Wildman–Crippen LogP) is 6.95. The van der Waals surface area contributed by atoms with Crippen molar-refractivity contribution in [3.63, 3.8) is 0 Å². The van der Waals surface area contributed by atoms with Crippen molar-refractivity contribution in [3.8, 4) is 11.1 Å². The highest BCUT2D eigenvalue weighted by Crippen LogP contribution is 2.36. The summed E-state index contributed by atoms with van der Waals surface area (Å²) in [6, 6.07) is 11.5. The van der Waals surface area contributed by atoms with Crippen LogP contribution < -0.4 is 0 Å². The zero-order valence-electron chi connectivity index (χ0n) is 14.3. The van der Waals surface area contributed by atoms with Crippen molar-refractivity contribution in [3.05, 3.63) is 59.7 Å². The van der Waals surface area contributed by atoms with Crippen LogP contribution >= 0.6 is 0 Å². The van der Waals surface area contributed by atoms with Crippen molar-refractivity contribution in [2.24, 2.45) is 5.92 Å². The molecule has 0 radical (unpaired) electrons. The second-order valence-corrected chi connectivity index (χ2v) is 6.20. The van der Waals surface area contributed by atoms with Gasteiger partial charge in [-0.1, -0.05) is 57.9 Å². The number of hydrogen-bond acceptors (Lipinski definition) is 0. The topological polar surface area (TPSA) is 0 Å². The third kappa shape index (κ3) is 4.40. The van der Waals surface area contributed by atoms with E-state index in [2.05, 4.69) is 6.92 Å². The number of hydrogen-bond donors (Lipinski definition) is 0. The maximum Gasteiger partial charge on any atom is 0.131 e. The number of benzene rings is 2. The van der Waals surface area contributed by atoms with E-state index in [1.54, 1.807) is 18.2 Å². The molecule has 0 aromatic heterocycles. The smallest absolute Gasteiger partial charge is 0.131 e. The maximum absolute atomic E-state index is 14.4. The van der Waals surface area contributed by atoms with Gasteiger partial charge in [-0.15, -0.1) is 0 Å². The Hall–Kier alpha value is -1.70. The summed E-state index contributed by atoms with van der Waals surface area (Å²) in [5.41, 5.74) is 2.37. The SMILES string of the molecule is CC.CC1CCC(c2ccc(-c3ccc(F)cc3)c(F)c2)CC1. The van der Waals surface area contributed by atoms with E-state index in [1.165, 1.54) is 25.0 Å². The van der Waals surface area contributed by atoms with E-state index in [4.69, 9.17) is 0 Å². The van der Waals surface area contributed by atoms with Crippen LogP contribution in [0.2, 0.25) is 0 Å². The van der Waals surface area contributed by atoms with Crippen LogP contribution in [0, 0.1) is 17.6 Å². The zero-order chi connectivity index (χ0) is 16.8. The quantitative estimate of drug-likeness (QED) is 0.562. The van der Waals surface area contributed by atoms with E-state index in [-0.39, 0.29) is 11.6 Å². The number of rotatable bonds is 2. The van der Waals surface area contributed by atoms with Crippen molar-refractivity contribution < 1.29 is 8.78 Å². The van der Waals surface area contributed by atoms with Crippen LogP contribution in [0.15, 0.2) is 42.5 Å². The van der Waals surface area contributed by atoms with Crippen LogP contribution in [0.3, 0.4) is 0 Å². The van der Waals surface area contributed by atoms with Gasteiger partial charge in [-0.2, -0.15) is 0 Å². The van der Waals surface area contributed by atoms with Gasteiger partial charge >= 0.3 is 0 Å². The van der Waals surface area contributed by atoms with Crippen LogP contribution in [-0.2, 0) is 0 Å². The summed E-state index contributed by atoms with van der Waals surface area (Å²) in [6.07, 6.45) is 4.75. The highest BCUT2D eigenvalue weighted by atomic mass is 19.1. The molecule has 1 aliphatic carbocycles. The summed E-state index contributed by atoms with van der Waals surface area (Å²) < 4.78 is 27.3. The molecule has 0 amide bonds. The molecule has 1 fully saturated rings. The molecular formula is C21H26F2. The van der Waals surface area contributed by atoms with Crippen LogP contribution in [0.1, 0.15) is 57.9 Å². The molecule has 0 atom stereocenters. The van der Waals surface area contributed by atoms with Gasteiger partial charge < -0.3 is 0 Å². The molecule has 23 heavy (non-hydrogen) atoms. The standard InChI is InChI=1S/C19H20F2.C2H6/c1-13-2-4-14(5-3-13)16-8-11-18(19(21)12-16)15-6-9-17(20)10-7-15;1-2/h6-14H,2-5H2,1H3;1-2H3. The lowest BCUT2D eigenvalue weighted by Crippen LogP contribution is -2.11. The van der Waals surface area contributed by atoms with Gasteiger partial charge in [0.05, 0.1) is 0 Å². The minimum atomic E-state index is -0.299. The molecule has 0 nitrogen and oxygen atoms in total. The van der Waals surface area contributed by atoms with Crippen LogP contribution in [0.4, 0.5) is 8.78 Å². The lowest BCUT2D eigenvalue weighted by Gasteiger charge is -2.26. The maximum atomic E-state index is 14.4. The fraction of sp³-hybridized carbons (Fsp3) is 0.429. The van der Waals surface area contributed by atoms with Gasteiger partial charge in [-0.25, -0.2) is 8.78 Å². The van der Waals surface area contributed by atoms with Crippen molar-refractivity contribution in [2.75, 3.05) is 0 Å². The van der Waals surface area contributed by atoms with E-state index in [1.807, 2.05) is 26.0 Å². The average molecular weight is 316 g/mol. The highest BCUT2D eigenvalue weighted by molar-refractivity contribution is 5.64. The zero-order valence-corrected chi connectivity index (χ0v) is 14.3. The van der Waals surface area contributed by atoms with Gasteiger partial charge in [-0.05, 0) is 54.0 Å². The molecule has 0 saturated heterocycles. The molecular weight excluding hydrogens is 290 g/mol. The molecule has 0 aliphatic heterocycles. The van der Waals surface area contributed by atoms with E-state index in [0.717, 1.165) is 29.9 Å². The Labute approximate surface area is 138 Å². The van der Waals surface area contributed by atoms with Gasteiger partial charge in [0.1, 0.15) is 11.6 Å². The molecule has 2 aromatic rings. The minimum absolute atomic E-state index is 0.210. The van der Waals surface area contributed by atoms with Gasteiger partial charge in [-0.3, -0.25) is 0 Å². The molecule has 1 saturated carbocycles. The summed E-state index contributed by atoms with van der Waals surface area (Å²) in [6.45, 7) is 6.29. The van der Waals surface area contributed by atoms with Gasteiger partial charge in [0.25, 0.3) is 0 Å². The predicted molar refractivity (Wildman–Crippen MR) is 93.5 cm³/mol. The second kappa shape index (κ2) is 8.24. The molecule has 0 heterocycles. The van der Waals surface area contributed by atoms with E-state index in [0.29, 0.717) is 11.5 Å². The van der Waals surface area contributed by atoms with Gasteiger partial charge in [0, 0.05) is 5.56 Å². The Balaban J connectivity index is 0.000000924. The molecule has 0 bridgehead atoms. The van der Waals surface area contributed by atoms with Crippen molar-refractivity contribution in [2.45, 2.75) is 52.4 Å². The first-order chi connectivity index (χ1) is 11.1. The molecule has 3 rings (SSSR count). The van der Waals surface area contributed by atoms with Crippen molar-refractivity contribution in [1.29, 1.82) is 0 Å². The van der Waals surface area contributed by atoms with Crippen LogP contribution in [0.5, 0.6) is 0 Å². The Morgan fingerprint density at radius 2 is 1.43 bits per heavy atom. The van der Waals surface area contributed by atoms with Crippen LogP contribution in [-0.4, -0.2) is 0 Å². The first-order valence-corrected chi connectivity index (χ1v) is 8.69. The lowest BCUT2D eigenvalue weighted by atomic mass is 9.79. The van der Waals surface area contributed by atoms with Crippen molar-refractivity contribution in [1.82, 2.24) is 0 Å². The minimum Gasteiger partial charge on any atom is -0.207 e. The molecule has 1 aliphatic rings. The Morgan fingerprint density at radius 1 is 0.826 bits per heavy atom. The van der Waals surface area contributed by atoms with Crippen LogP contribution in [0.25, 0.3) is 11.1 Å². The van der Waals surface area contributed by atoms with Crippen molar-refractivity contribution >= 4 is 0 Å². The van der Waals surface area contributed by atoms with E-state index in [9.17, 15) is 8.78 Å². The highest BCUT2D eigenvalue weighted by Gasteiger charge is 2.20. The number of halogens is 2. The third-order valence-electron chi connectivity index (χ3n) is 4.64. The molecule has 124 valence electrons. The Kier molecular flexibility index (Phi) is 6.32. The van der Waals surface area contributed by atoms with E-state index < -0.39 is 0 Å². The Bertz CT molecular complexity index is 608. The molecule has 0 spiro atoms. The molecule has 2 heteroatoms. The summed E-state index contributed by atoms with van der Waals surface area (Å²) in [7, 11) is 0. The average Bonchev–Trinajstić information content (AvgIpc) is 2.58. The van der Waals surface area contributed by atoms with E-state index >= 15 is 0 Å². The largest absolute Gasteiger partial charge is 0.207 e.